The molecule has 22 heavy (non-hydrogen) atoms. The molecule has 2 saturated heterocycles. The lowest BCUT2D eigenvalue weighted by atomic mass is 10.1. The van der Waals surface area contributed by atoms with Crippen molar-refractivity contribution in [1.29, 1.82) is 0 Å². The summed E-state index contributed by atoms with van der Waals surface area (Å²) in [4.78, 5) is 19.2. The van der Waals surface area contributed by atoms with Gasteiger partial charge >= 0.3 is 0 Å². The fourth-order valence-electron chi connectivity index (χ4n) is 3.49. The lowest BCUT2D eigenvalue weighted by Crippen LogP contribution is -2.53. The number of carbonyl (C=O) groups is 1. The van der Waals surface area contributed by atoms with Crippen LogP contribution in [-0.2, 0) is 9.53 Å². The minimum absolute atomic E-state index is 0.353. The van der Waals surface area contributed by atoms with Gasteiger partial charge in [-0.25, -0.2) is 0 Å². The van der Waals surface area contributed by atoms with Gasteiger partial charge in [-0.3, -0.25) is 9.69 Å². The first-order chi connectivity index (χ1) is 10.7. The van der Waals surface area contributed by atoms with Crippen molar-refractivity contribution in [2.24, 2.45) is 0 Å². The van der Waals surface area contributed by atoms with Gasteiger partial charge in [0.25, 0.3) is 0 Å². The van der Waals surface area contributed by atoms with Gasteiger partial charge in [0.1, 0.15) is 0 Å². The molecule has 0 bridgehead atoms. The zero-order valence-electron chi connectivity index (χ0n) is 14.4. The number of piperidine rings is 1. The molecule has 0 radical (unpaired) electrons. The van der Waals surface area contributed by atoms with Crippen molar-refractivity contribution in [3.8, 4) is 0 Å². The number of hydrogen-bond acceptors (Lipinski definition) is 4. The first-order valence-corrected chi connectivity index (χ1v) is 9.02. The summed E-state index contributed by atoms with van der Waals surface area (Å²) < 4.78 is 5.45. The molecule has 5 nitrogen and oxygen atoms in total. The zero-order chi connectivity index (χ0) is 15.8. The van der Waals surface area contributed by atoms with Crippen molar-refractivity contribution in [3.63, 3.8) is 0 Å². The standard InChI is InChI=1S/C17H33N3O2/c1-3-22-14-13-19-12-11-18(15-16(19)2)10-7-17(21)20-8-5-4-6-9-20/h16H,3-15H2,1-2H3. The molecular weight excluding hydrogens is 278 g/mol. The maximum Gasteiger partial charge on any atom is 0.223 e. The van der Waals surface area contributed by atoms with E-state index in [4.69, 9.17) is 4.74 Å². The molecule has 2 aliphatic rings. The third-order valence-electron chi connectivity index (χ3n) is 4.93. The number of likely N-dealkylation sites (tertiary alicyclic amines) is 1. The van der Waals surface area contributed by atoms with Gasteiger partial charge in [0.05, 0.1) is 6.61 Å². The van der Waals surface area contributed by atoms with Crippen LogP contribution in [0.1, 0.15) is 39.5 Å². The quantitative estimate of drug-likeness (QED) is 0.667. The Bertz CT molecular complexity index is 332. The summed E-state index contributed by atoms with van der Waals surface area (Å²) in [7, 11) is 0. The summed E-state index contributed by atoms with van der Waals surface area (Å²) in [6, 6.07) is 0.555. The van der Waals surface area contributed by atoms with E-state index in [1.807, 2.05) is 6.92 Å². The van der Waals surface area contributed by atoms with Gasteiger partial charge < -0.3 is 14.5 Å². The van der Waals surface area contributed by atoms with Gasteiger partial charge in [-0.05, 0) is 33.1 Å². The lowest BCUT2D eigenvalue weighted by Gasteiger charge is -2.40. The van der Waals surface area contributed by atoms with Crippen molar-refractivity contribution >= 4 is 5.91 Å². The van der Waals surface area contributed by atoms with E-state index in [0.717, 1.165) is 59.0 Å². The summed E-state index contributed by atoms with van der Waals surface area (Å²) >= 11 is 0. The van der Waals surface area contributed by atoms with Crippen LogP contribution >= 0.6 is 0 Å². The number of amides is 1. The maximum atomic E-state index is 12.2. The van der Waals surface area contributed by atoms with Crippen molar-refractivity contribution in [1.82, 2.24) is 14.7 Å². The molecule has 1 amide bonds. The Balaban J connectivity index is 1.64. The van der Waals surface area contributed by atoms with Crippen LogP contribution in [0.4, 0.5) is 0 Å². The van der Waals surface area contributed by atoms with Gasteiger partial charge in [-0.15, -0.1) is 0 Å². The van der Waals surface area contributed by atoms with Gasteiger partial charge in [0.2, 0.25) is 5.91 Å². The first-order valence-electron chi connectivity index (χ1n) is 9.02. The first kappa shape index (κ1) is 17.7. The predicted octanol–water partition coefficient (Wildman–Crippen LogP) is 1.43. The Morgan fingerprint density at radius 1 is 1.09 bits per heavy atom. The molecule has 0 saturated carbocycles. The van der Waals surface area contributed by atoms with E-state index in [2.05, 4.69) is 21.6 Å². The second-order valence-electron chi connectivity index (χ2n) is 6.57. The Hall–Kier alpha value is -0.650. The van der Waals surface area contributed by atoms with Gasteiger partial charge in [0.15, 0.2) is 0 Å². The molecule has 0 aromatic heterocycles. The number of ether oxygens (including phenoxy) is 1. The molecule has 0 aliphatic carbocycles. The van der Waals surface area contributed by atoms with Crippen LogP contribution in [0.2, 0.25) is 0 Å². The normalized spacial score (nSPS) is 24.6. The third-order valence-corrected chi connectivity index (χ3v) is 4.93. The topological polar surface area (TPSA) is 36.0 Å². The molecule has 2 fully saturated rings. The minimum Gasteiger partial charge on any atom is -0.380 e. The number of hydrogen-bond donors (Lipinski definition) is 0. The predicted molar refractivity (Wildman–Crippen MR) is 89.0 cm³/mol. The summed E-state index contributed by atoms with van der Waals surface area (Å²) in [5.74, 6) is 0.353. The highest BCUT2D eigenvalue weighted by Gasteiger charge is 2.24. The molecule has 2 aliphatic heterocycles. The van der Waals surface area contributed by atoms with Gasteiger partial charge in [-0.1, -0.05) is 0 Å². The van der Waals surface area contributed by atoms with Gasteiger partial charge in [-0.2, -0.15) is 0 Å². The van der Waals surface area contributed by atoms with E-state index < -0.39 is 0 Å². The van der Waals surface area contributed by atoms with E-state index in [-0.39, 0.29) is 0 Å². The van der Waals surface area contributed by atoms with E-state index >= 15 is 0 Å². The minimum atomic E-state index is 0.353. The summed E-state index contributed by atoms with van der Waals surface area (Å²) in [6.07, 6.45) is 4.33. The molecule has 1 unspecified atom stereocenters. The summed E-state index contributed by atoms with van der Waals surface area (Å²) in [6.45, 7) is 13.1. The van der Waals surface area contributed by atoms with Crippen molar-refractivity contribution < 1.29 is 9.53 Å². The Morgan fingerprint density at radius 3 is 2.55 bits per heavy atom. The average Bonchev–Trinajstić information content (AvgIpc) is 2.55. The van der Waals surface area contributed by atoms with Crippen LogP contribution in [0.5, 0.6) is 0 Å². The molecule has 5 heteroatoms. The lowest BCUT2D eigenvalue weighted by molar-refractivity contribution is -0.132. The van der Waals surface area contributed by atoms with Crippen LogP contribution < -0.4 is 0 Å². The molecule has 2 heterocycles. The van der Waals surface area contributed by atoms with E-state index in [9.17, 15) is 4.79 Å². The second-order valence-corrected chi connectivity index (χ2v) is 6.57. The summed E-state index contributed by atoms with van der Waals surface area (Å²) in [5.41, 5.74) is 0. The average molecular weight is 311 g/mol. The molecule has 128 valence electrons. The fourth-order valence-corrected chi connectivity index (χ4v) is 3.49. The molecule has 0 aromatic rings. The van der Waals surface area contributed by atoms with Crippen LogP contribution in [0, 0.1) is 0 Å². The monoisotopic (exact) mass is 311 g/mol. The molecule has 0 N–H and O–H groups in total. The maximum absolute atomic E-state index is 12.2. The van der Waals surface area contributed by atoms with Crippen molar-refractivity contribution in [2.75, 3.05) is 59.0 Å². The molecule has 0 aromatic carbocycles. The highest BCUT2D eigenvalue weighted by Crippen LogP contribution is 2.12. The van der Waals surface area contributed by atoms with E-state index in [0.29, 0.717) is 18.4 Å². The van der Waals surface area contributed by atoms with Crippen LogP contribution in [0.25, 0.3) is 0 Å². The van der Waals surface area contributed by atoms with Gasteiger partial charge in [0, 0.05) is 64.9 Å². The Morgan fingerprint density at radius 2 is 1.86 bits per heavy atom. The fraction of sp³-hybridized carbons (Fsp3) is 0.941. The molecule has 0 spiro atoms. The zero-order valence-corrected chi connectivity index (χ0v) is 14.4. The van der Waals surface area contributed by atoms with E-state index in [1.54, 1.807) is 0 Å². The number of nitrogens with zero attached hydrogens (tertiary/aromatic N) is 3. The van der Waals surface area contributed by atoms with E-state index in [1.165, 1.54) is 19.3 Å². The molecular formula is C17H33N3O2. The smallest absolute Gasteiger partial charge is 0.223 e. The number of carbonyl (C=O) groups excluding carboxylic acids is 1. The number of rotatable bonds is 7. The van der Waals surface area contributed by atoms with Crippen molar-refractivity contribution in [2.45, 2.75) is 45.6 Å². The molecule has 1 atom stereocenters. The SMILES string of the molecule is CCOCCN1CCN(CCC(=O)N2CCCCC2)CC1C. The Labute approximate surface area is 135 Å². The highest BCUT2D eigenvalue weighted by atomic mass is 16.5. The Kier molecular flexibility index (Phi) is 7.63. The van der Waals surface area contributed by atoms with Crippen LogP contribution in [-0.4, -0.2) is 85.7 Å². The summed E-state index contributed by atoms with van der Waals surface area (Å²) in [5, 5.41) is 0. The third kappa shape index (κ3) is 5.52. The van der Waals surface area contributed by atoms with Crippen LogP contribution in [0.3, 0.4) is 0 Å². The molecule has 2 rings (SSSR count). The number of piperazine rings is 1. The second kappa shape index (κ2) is 9.48. The van der Waals surface area contributed by atoms with Crippen molar-refractivity contribution in [3.05, 3.63) is 0 Å². The highest BCUT2D eigenvalue weighted by molar-refractivity contribution is 5.76. The largest absolute Gasteiger partial charge is 0.380 e. The van der Waals surface area contributed by atoms with Crippen LogP contribution in [0.15, 0.2) is 0 Å².